The summed E-state index contributed by atoms with van der Waals surface area (Å²) >= 11 is 0. The molecule has 128 valence electrons. The summed E-state index contributed by atoms with van der Waals surface area (Å²) in [5.74, 6) is 1.59. The maximum atomic E-state index is 11.8. The molecule has 1 saturated heterocycles. The van der Waals surface area contributed by atoms with Crippen molar-refractivity contribution in [3.63, 3.8) is 0 Å². The summed E-state index contributed by atoms with van der Waals surface area (Å²) in [6, 6.07) is 8.15. The van der Waals surface area contributed by atoms with Gasteiger partial charge in [-0.1, -0.05) is 43.7 Å². The zero-order valence-electron chi connectivity index (χ0n) is 14.8. The lowest BCUT2D eigenvalue weighted by molar-refractivity contribution is 0.139. The van der Waals surface area contributed by atoms with Crippen LogP contribution in [-0.2, 0) is 6.54 Å². The van der Waals surface area contributed by atoms with Gasteiger partial charge in [0.15, 0.2) is 0 Å². The van der Waals surface area contributed by atoms with E-state index in [4.69, 9.17) is 0 Å². The summed E-state index contributed by atoms with van der Waals surface area (Å²) in [6.45, 7) is 11.5. The van der Waals surface area contributed by atoms with Gasteiger partial charge in [0.1, 0.15) is 0 Å². The maximum Gasteiger partial charge on any atom is 0.315 e. The monoisotopic (exact) mass is 317 g/mol. The van der Waals surface area contributed by atoms with Gasteiger partial charge in [-0.05, 0) is 43.7 Å². The highest BCUT2D eigenvalue weighted by Crippen LogP contribution is 2.20. The molecule has 23 heavy (non-hydrogen) atoms. The fourth-order valence-electron chi connectivity index (χ4n) is 3.43. The smallest absolute Gasteiger partial charge is 0.315 e. The number of amides is 2. The van der Waals surface area contributed by atoms with Gasteiger partial charge in [0.25, 0.3) is 0 Å². The number of piperidine rings is 1. The third kappa shape index (κ3) is 6.61. The number of nitrogens with zero attached hydrogens (tertiary/aromatic N) is 1. The van der Waals surface area contributed by atoms with Crippen LogP contribution in [0.2, 0.25) is 0 Å². The molecule has 0 saturated carbocycles. The Kier molecular flexibility index (Phi) is 6.90. The van der Waals surface area contributed by atoms with Crippen molar-refractivity contribution < 1.29 is 4.79 Å². The highest BCUT2D eigenvalue weighted by atomic mass is 16.2. The van der Waals surface area contributed by atoms with E-state index in [9.17, 15) is 4.79 Å². The van der Waals surface area contributed by atoms with Crippen molar-refractivity contribution in [3.05, 3.63) is 35.4 Å². The number of rotatable bonds is 6. The van der Waals surface area contributed by atoms with Crippen LogP contribution in [0.25, 0.3) is 0 Å². The normalized spacial score (nSPS) is 21.9. The summed E-state index contributed by atoms with van der Waals surface area (Å²) in [6.07, 6.45) is 2.35. The second-order valence-corrected chi connectivity index (χ2v) is 7.15. The van der Waals surface area contributed by atoms with Gasteiger partial charge in [-0.15, -0.1) is 0 Å². The SMILES string of the molecule is Cc1ccc(CNC(=O)NCCCN2CC(C)CC(C)C2)cc1. The van der Waals surface area contributed by atoms with E-state index in [1.165, 1.54) is 25.1 Å². The first-order valence-electron chi connectivity index (χ1n) is 8.82. The van der Waals surface area contributed by atoms with E-state index in [0.29, 0.717) is 6.54 Å². The zero-order valence-corrected chi connectivity index (χ0v) is 14.8. The maximum absolute atomic E-state index is 11.8. The molecule has 4 nitrogen and oxygen atoms in total. The molecule has 0 radical (unpaired) electrons. The Bertz CT molecular complexity index is 476. The molecule has 1 aliphatic heterocycles. The molecule has 0 aromatic heterocycles. The van der Waals surface area contributed by atoms with Crippen LogP contribution in [0.4, 0.5) is 4.79 Å². The lowest BCUT2D eigenvalue weighted by Gasteiger charge is -2.34. The van der Waals surface area contributed by atoms with Crippen molar-refractivity contribution in [1.82, 2.24) is 15.5 Å². The van der Waals surface area contributed by atoms with E-state index in [1.54, 1.807) is 0 Å². The molecule has 2 amide bonds. The fraction of sp³-hybridized carbons (Fsp3) is 0.632. The molecule has 2 rings (SSSR count). The second kappa shape index (κ2) is 8.92. The largest absolute Gasteiger partial charge is 0.338 e. The van der Waals surface area contributed by atoms with E-state index in [0.717, 1.165) is 36.9 Å². The van der Waals surface area contributed by atoms with Crippen molar-refractivity contribution in [2.45, 2.75) is 40.2 Å². The van der Waals surface area contributed by atoms with Crippen LogP contribution < -0.4 is 10.6 Å². The number of urea groups is 1. The quantitative estimate of drug-likeness (QED) is 0.792. The molecule has 1 heterocycles. The van der Waals surface area contributed by atoms with Gasteiger partial charge < -0.3 is 15.5 Å². The van der Waals surface area contributed by atoms with Gasteiger partial charge in [-0.3, -0.25) is 0 Å². The Morgan fingerprint density at radius 1 is 1.13 bits per heavy atom. The minimum Gasteiger partial charge on any atom is -0.338 e. The summed E-state index contributed by atoms with van der Waals surface area (Å²) in [5.41, 5.74) is 2.36. The molecule has 1 aromatic carbocycles. The number of likely N-dealkylation sites (tertiary alicyclic amines) is 1. The topological polar surface area (TPSA) is 44.4 Å². The number of aryl methyl sites for hydroxylation is 1. The predicted molar refractivity (Wildman–Crippen MR) is 95.4 cm³/mol. The lowest BCUT2D eigenvalue weighted by atomic mass is 9.92. The van der Waals surface area contributed by atoms with Crippen LogP contribution in [0, 0.1) is 18.8 Å². The highest BCUT2D eigenvalue weighted by Gasteiger charge is 2.20. The van der Waals surface area contributed by atoms with Crippen LogP contribution in [0.5, 0.6) is 0 Å². The third-order valence-electron chi connectivity index (χ3n) is 4.45. The third-order valence-corrected chi connectivity index (χ3v) is 4.45. The fourth-order valence-corrected chi connectivity index (χ4v) is 3.43. The molecule has 2 atom stereocenters. The van der Waals surface area contributed by atoms with Crippen LogP contribution in [0.3, 0.4) is 0 Å². The van der Waals surface area contributed by atoms with Gasteiger partial charge in [-0.25, -0.2) is 4.79 Å². The first kappa shape index (κ1) is 17.8. The van der Waals surface area contributed by atoms with Gasteiger partial charge in [0.05, 0.1) is 0 Å². The first-order valence-corrected chi connectivity index (χ1v) is 8.82. The number of carbonyl (C=O) groups excluding carboxylic acids is 1. The van der Waals surface area contributed by atoms with E-state index in [-0.39, 0.29) is 6.03 Å². The van der Waals surface area contributed by atoms with Crippen molar-refractivity contribution in [2.24, 2.45) is 11.8 Å². The molecule has 1 aromatic rings. The number of nitrogens with one attached hydrogen (secondary N) is 2. The Balaban J connectivity index is 1.57. The van der Waals surface area contributed by atoms with Crippen LogP contribution in [0.15, 0.2) is 24.3 Å². The Morgan fingerprint density at radius 2 is 1.78 bits per heavy atom. The highest BCUT2D eigenvalue weighted by molar-refractivity contribution is 5.73. The van der Waals surface area contributed by atoms with Gasteiger partial charge in [0, 0.05) is 26.2 Å². The predicted octanol–water partition coefficient (Wildman–Crippen LogP) is 3.16. The van der Waals surface area contributed by atoms with Crippen LogP contribution in [0.1, 0.15) is 37.8 Å². The zero-order chi connectivity index (χ0) is 16.7. The van der Waals surface area contributed by atoms with E-state index >= 15 is 0 Å². The molecule has 1 fully saturated rings. The first-order chi connectivity index (χ1) is 11.0. The molecule has 1 aliphatic rings. The Morgan fingerprint density at radius 3 is 2.43 bits per heavy atom. The number of hydrogen-bond acceptors (Lipinski definition) is 2. The molecule has 0 bridgehead atoms. The van der Waals surface area contributed by atoms with E-state index < -0.39 is 0 Å². The van der Waals surface area contributed by atoms with Crippen molar-refractivity contribution in [1.29, 1.82) is 0 Å². The average Bonchev–Trinajstić information content (AvgIpc) is 2.50. The Hall–Kier alpha value is -1.55. The Labute approximate surface area is 140 Å². The second-order valence-electron chi connectivity index (χ2n) is 7.15. The summed E-state index contributed by atoms with van der Waals surface area (Å²) < 4.78 is 0. The van der Waals surface area contributed by atoms with Crippen molar-refractivity contribution in [2.75, 3.05) is 26.2 Å². The van der Waals surface area contributed by atoms with Gasteiger partial charge in [-0.2, -0.15) is 0 Å². The van der Waals surface area contributed by atoms with Gasteiger partial charge >= 0.3 is 6.03 Å². The van der Waals surface area contributed by atoms with Gasteiger partial charge in [0.2, 0.25) is 0 Å². The molecule has 2 N–H and O–H groups in total. The number of hydrogen-bond donors (Lipinski definition) is 2. The minimum absolute atomic E-state index is 0.0778. The standard InChI is InChI=1S/C19H31N3O/c1-15-5-7-18(8-6-15)12-21-19(23)20-9-4-10-22-13-16(2)11-17(3)14-22/h5-8,16-17H,4,9-14H2,1-3H3,(H2,20,21,23). The number of benzene rings is 1. The van der Waals surface area contributed by atoms with Crippen molar-refractivity contribution >= 4 is 6.03 Å². The average molecular weight is 317 g/mol. The van der Waals surface area contributed by atoms with E-state index in [1.807, 2.05) is 12.1 Å². The molecular weight excluding hydrogens is 286 g/mol. The van der Waals surface area contributed by atoms with Crippen molar-refractivity contribution in [3.8, 4) is 0 Å². The summed E-state index contributed by atoms with van der Waals surface area (Å²) in [4.78, 5) is 14.3. The molecule has 2 unspecified atom stereocenters. The van der Waals surface area contributed by atoms with Crippen LogP contribution in [-0.4, -0.2) is 37.1 Å². The molecule has 0 spiro atoms. The minimum atomic E-state index is -0.0778. The lowest BCUT2D eigenvalue weighted by Crippen LogP contribution is -2.41. The molecule has 4 heteroatoms. The molecular formula is C19H31N3O. The number of carbonyl (C=O) groups is 1. The molecule has 0 aliphatic carbocycles. The van der Waals surface area contributed by atoms with Crippen LogP contribution >= 0.6 is 0 Å². The summed E-state index contributed by atoms with van der Waals surface area (Å²) in [7, 11) is 0. The van der Waals surface area contributed by atoms with E-state index in [2.05, 4.69) is 48.4 Å². The summed E-state index contributed by atoms with van der Waals surface area (Å²) in [5, 5.41) is 5.86.